The number of nitrogens with two attached hydrogens (primary N) is 1. The summed E-state index contributed by atoms with van der Waals surface area (Å²) in [7, 11) is 0. The third-order valence-electron chi connectivity index (χ3n) is 2.75. The lowest BCUT2D eigenvalue weighted by atomic mass is 10.0. The van der Waals surface area contributed by atoms with Crippen LogP contribution < -0.4 is 11.1 Å². The Labute approximate surface area is 120 Å². The Morgan fingerprint density at radius 2 is 2.16 bits per heavy atom. The Morgan fingerprint density at radius 3 is 2.68 bits per heavy atom. The number of amides is 1. The largest absolute Gasteiger partial charge is 0.481 e. The molecule has 0 aliphatic heterocycles. The molecule has 19 heavy (non-hydrogen) atoms. The van der Waals surface area contributed by atoms with E-state index in [9.17, 15) is 9.59 Å². The first-order chi connectivity index (χ1) is 8.95. The van der Waals surface area contributed by atoms with Crippen LogP contribution >= 0.6 is 15.9 Å². The Morgan fingerprint density at radius 1 is 1.47 bits per heavy atom. The summed E-state index contributed by atoms with van der Waals surface area (Å²) in [4.78, 5) is 22.8. The van der Waals surface area contributed by atoms with Gasteiger partial charge in [-0.1, -0.05) is 13.3 Å². The predicted molar refractivity (Wildman–Crippen MR) is 76.9 cm³/mol. The Kier molecular flexibility index (Phi) is 5.82. The maximum absolute atomic E-state index is 11.9. The minimum Gasteiger partial charge on any atom is -0.481 e. The summed E-state index contributed by atoms with van der Waals surface area (Å²) < 4.78 is 0.721. The van der Waals surface area contributed by atoms with Crippen LogP contribution in [0.1, 0.15) is 30.1 Å². The van der Waals surface area contributed by atoms with Gasteiger partial charge in [0.05, 0.1) is 5.92 Å². The van der Waals surface area contributed by atoms with E-state index >= 15 is 0 Å². The number of carbonyl (C=O) groups is 2. The number of hydrogen-bond donors (Lipinski definition) is 3. The molecule has 0 fully saturated rings. The number of carboxylic acids is 1. The average Bonchev–Trinajstić information content (AvgIpc) is 2.37. The van der Waals surface area contributed by atoms with E-state index in [2.05, 4.69) is 21.2 Å². The first-order valence-corrected chi connectivity index (χ1v) is 6.81. The van der Waals surface area contributed by atoms with E-state index in [0.717, 1.165) is 10.9 Å². The van der Waals surface area contributed by atoms with Crippen LogP contribution in [-0.4, -0.2) is 23.5 Å². The molecule has 0 saturated heterocycles. The van der Waals surface area contributed by atoms with Gasteiger partial charge in [-0.2, -0.15) is 0 Å². The van der Waals surface area contributed by atoms with Crippen molar-refractivity contribution in [2.45, 2.75) is 19.8 Å². The summed E-state index contributed by atoms with van der Waals surface area (Å²) in [5.74, 6) is -1.76. The van der Waals surface area contributed by atoms with Crippen molar-refractivity contribution >= 4 is 33.5 Å². The third-order valence-corrected chi connectivity index (χ3v) is 3.48. The van der Waals surface area contributed by atoms with Gasteiger partial charge in [-0.3, -0.25) is 9.59 Å². The highest BCUT2D eigenvalue weighted by Crippen LogP contribution is 2.20. The number of anilines is 1. The maximum Gasteiger partial charge on any atom is 0.308 e. The second-order valence-corrected chi connectivity index (χ2v) is 5.12. The number of nitrogen functional groups attached to an aromatic ring is 1. The molecule has 0 aliphatic carbocycles. The normalized spacial score (nSPS) is 11.9. The molecule has 0 heterocycles. The van der Waals surface area contributed by atoms with Crippen LogP contribution in [0.25, 0.3) is 0 Å². The number of halogens is 1. The molecule has 0 aromatic heterocycles. The summed E-state index contributed by atoms with van der Waals surface area (Å²) in [5.41, 5.74) is 6.58. The monoisotopic (exact) mass is 328 g/mol. The Balaban J connectivity index is 2.63. The number of nitrogens with one attached hydrogen (secondary N) is 1. The van der Waals surface area contributed by atoms with Gasteiger partial charge in [0.15, 0.2) is 0 Å². The van der Waals surface area contributed by atoms with Crippen LogP contribution in [0.2, 0.25) is 0 Å². The van der Waals surface area contributed by atoms with E-state index in [0.29, 0.717) is 17.7 Å². The van der Waals surface area contributed by atoms with Crippen LogP contribution in [0.4, 0.5) is 5.69 Å². The van der Waals surface area contributed by atoms with E-state index < -0.39 is 11.9 Å². The fraction of sp³-hybridized carbons (Fsp3) is 0.385. The van der Waals surface area contributed by atoms with Crippen molar-refractivity contribution in [2.24, 2.45) is 5.92 Å². The summed E-state index contributed by atoms with van der Waals surface area (Å²) >= 11 is 3.25. The molecule has 0 saturated carbocycles. The van der Waals surface area contributed by atoms with E-state index in [1.807, 2.05) is 6.92 Å². The second-order valence-electron chi connectivity index (χ2n) is 4.27. The van der Waals surface area contributed by atoms with Crippen molar-refractivity contribution in [3.05, 3.63) is 28.2 Å². The molecule has 1 aromatic carbocycles. The molecular formula is C13H17BrN2O3. The van der Waals surface area contributed by atoms with Crippen LogP contribution in [0.5, 0.6) is 0 Å². The lowest BCUT2D eigenvalue weighted by Crippen LogP contribution is -2.32. The highest BCUT2D eigenvalue weighted by Gasteiger charge is 2.17. The predicted octanol–water partition coefficient (Wildman–Crippen LogP) is 2.26. The Hall–Kier alpha value is -1.56. The summed E-state index contributed by atoms with van der Waals surface area (Å²) in [6.45, 7) is 2.03. The molecule has 104 valence electrons. The summed E-state index contributed by atoms with van der Waals surface area (Å²) in [6.07, 6.45) is 1.30. The van der Waals surface area contributed by atoms with Gasteiger partial charge in [-0.25, -0.2) is 0 Å². The number of rotatable bonds is 6. The van der Waals surface area contributed by atoms with Crippen molar-refractivity contribution in [1.82, 2.24) is 5.32 Å². The summed E-state index contributed by atoms with van der Waals surface area (Å²) in [6, 6.07) is 4.87. The van der Waals surface area contributed by atoms with Crippen LogP contribution in [0.15, 0.2) is 22.7 Å². The molecule has 0 spiro atoms. The molecule has 1 aromatic rings. The van der Waals surface area contributed by atoms with E-state index in [1.54, 1.807) is 18.2 Å². The molecule has 1 unspecified atom stereocenters. The number of aliphatic carboxylic acids is 1. The topological polar surface area (TPSA) is 92.4 Å². The zero-order valence-corrected chi connectivity index (χ0v) is 12.2. The number of carbonyl (C=O) groups excluding carboxylic acids is 1. The number of carboxylic acid groups (broad SMARTS) is 1. The van der Waals surface area contributed by atoms with Gasteiger partial charge in [0, 0.05) is 22.3 Å². The number of hydrogen-bond acceptors (Lipinski definition) is 3. The first kappa shape index (κ1) is 15.5. The zero-order valence-electron chi connectivity index (χ0n) is 10.6. The van der Waals surface area contributed by atoms with Crippen molar-refractivity contribution in [2.75, 3.05) is 12.3 Å². The van der Waals surface area contributed by atoms with Crippen LogP contribution in [0, 0.1) is 5.92 Å². The smallest absolute Gasteiger partial charge is 0.308 e. The lowest BCUT2D eigenvalue weighted by molar-refractivity contribution is -0.141. The van der Waals surface area contributed by atoms with Crippen molar-refractivity contribution < 1.29 is 14.7 Å². The van der Waals surface area contributed by atoms with E-state index in [4.69, 9.17) is 10.8 Å². The first-order valence-electron chi connectivity index (χ1n) is 6.01. The van der Waals surface area contributed by atoms with Gasteiger partial charge in [0.25, 0.3) is 5.91 Å². The zero-order chi connectivity index (χ0) is 14.4. The molecule has 0 radical (unpaired) electrons. The third kappa shape index (κ3) is 4.55. The molecule has 5 nitrogen and oxygen atoms in total. The molecular weight excluding hydrogens is 312 g/mol. The van der Waals surface area contributed by atoms with Crippen molar-refractivity contribution in [3.8, 4) is 0 Å². The van der Waals surface area contributed by atoms with Gasteiger partial charge >= 0.3 is 5.97 Å². The standard InChI is InChI=1S/C13H17BrN2O3/c1-2-3-9(13(18)19)7-16-12(17)8-4-5-10(14)11(15)6-8/h4-6,9H,2-3,7,15H2,1H3,(H,16,17)(H,18,19). The van der Waals surface area contributed by atoms with Gasteiger partial charge in [0.1, 0.15) is 0 Å². The maximum atomic E-state index is 11.9. The van der Waals surface area contributed by atoms with Gasteiger partial charge in [-0.05, 0) is 40.5 Å². The van der Waals surface area contributed by atoms with Crippen LogP contribution in [0.3, 0.4) is 0 Å². The fourth-order valence-electron chi connectivity index (χ4n) is 1.66. The SMILES string of the molecule is CCCC(CNC(=O)c1ccc(Br)c(N)c1)C(=O)O. The van der Waals surface area contributed by atoms with Crippen LogP contribution in [-0.2, 0) is 4.79 Å². The molecule has 0 bridgehead atoms. The molecule has 6 heteroatoms. The van der Waals surface area contributed by atoms with Gasteiger partial charge < -0.3 is 16.2 Å². The average molecular weight is 329 g/mol. The Bertz CT molecular complexity index is 477. The number of benzene rings is 1. The van der Waals surface area contributed by atoms with E-state index in [1.165, 1.54) is 0 Å². The fourth-order valence-corrected chi connectivity index (χ4v) is 1.91. The molecule has 1 rings (SSSR count). The quantitative estimate of drug-likeness (QED) is 0.698. The van der Waals surface area contributed by atoms with Crippen molar-refractivity contribution in [1.29, 1.82) is 0 Å². The second kappa shape index (κ2) is 7.13. The molecule has 1 atom stereocenters. The minimum atomic E-state index is -0.891. The molecule has 0 aliphatic rings. The van der Waals surface area contributed by atoms with E-state index in [-0.39, 0.29) is 12.5 Å². The molecule has 4 N–H and O–H groups in total. The van der Waals surface area contributed by atoms with Gasteiger partial charge in [-0.15, -0.1) is 0 Å². The minimum absolute atomic E-state index is 0.123. The van der Waals surface area contributed by atoms with Gasteiger partial charge in [0.2, 0.25) is 0 Å². The summed E-state index contributed by atoms with van der Waals surface area (Å²) in [5, 5.41) is 11.6. The lowest BCUT2D eigenvalue weighted by Gasteiger charge is -2.12. The van der Waals surface area contributed by atoms with Crippen molar-refractivity contribution in [3.63, 3.8) is 0 Å². The highest BCUT2D eigenvalue weighted by atomic mass is 79.9. The molecule has 1 amide bonds. The highest BCUT2D eigenvalue weighted by molar-refractivity contribution is 9.10.